The zero-order valence-electron chi connectivity index (χ0n) is 10.9. The number of likely N-dealkylation sites (N-methyl/N-ethyl adjacent to an activating group) is 1. The second-order valence-corrected chi connectivity index (χ2v) is 5.16. The lowest BCUT2D eigenvalue weighted by Crippen LogP contribution is -2.45. The molecule has 0 spiro atoms. The first kappa shape index (κ1) is 14.0. The minimum absolute atomic E-state index is 0.109. The largest absolute Gasteiger partial charge is 0.349 e. The smallest absolute Gasteiger partial charge is 0.348 e. The minimum atomic E-state index is -0.517. The Balaban J connectivity index is 2.31. The summed E-state index contributed by atoms with van der Waals surface area (Å²) in [7, 11) is 4.02. The molecule has 1 fully saturated rings. The van der Waals surface area contributed by atoms with Crippen molar-refractivity contribution in [2.75, 3.05) is 32.1 Å². The summed E-state index contributed by atoms with van der Waals surface area (Å²) in [6, 6.07) is 0.363. The van der Waals surface area contributed by atoms with Gasteiger partial charge in [0, 0.05) is 19.1 Å². The molecule has 1 unspecified atom stereocenters. The normalized spacial score (nSPS) is 19.8. The number of anilines is 1. The van der Waals surface area contributed by atoms with Crippen molar-refractivity contribution in [3.05, 3.63) is 21.6 Å². The van der Waals surface area contributed by atoms with Gasteiger partial charge in [-0.3, -0.25) is 10.1 Å². The molecule has 1 atom stereocenters. The second-order valence-electron chi connectivity index (χ2n) is 4.80. The summed E-state index contributed by atoms with van der Waals surface area (Å²) < 4.78 is 0. The fourth-order valence-corrected chi connectivity index (χ4v) is 2.50. The maximum absolute atomic E-state index is 11.1. The van der Waals surface area contributed by atoms with Gasteiger partial charge < -0.3 is 9.80 Å². The molecular formula is C11H16ClN5O2. The fourth-order valence-electron chi connectivity index (χ4n) is 2.31. The van der Waals surface area contributed by atoms with Crippen LogP contribution in [0.5, 0.6) is 0 Å². The molecule has 0 radical (unpaired) electrons. The Morgan fingerprint density at radius 1 is 1.53 bits per heavy atom. The number of nitro groups is 1. The van der Waals surface area contributed by atoms with Gasteiger partial charge in [0.05, 0.1) is 4.92 Å². The highest BCUT2D eigenvalue weighted by Crippen LogP contribution is 2.33. The molecule has 1 aromatic rings. The predicted octanol–water partition coefficient (Wildman–Crippen LogP) is 1.57. The third-order valence-electron chi connectivity index (χ3n) is 3.37. The van der Waals surface area contributed by atoms with E-state index in [4.69, 9.17) is 11.6 Å². The van der Waals surface area contributed by atoms with Crippen molar-refractivity contribution >= 4 is 23.1 Å². The Morgan fingerprint density at radius 3 is 2.89 bits per heavy atom. The Labute approximate surface area is 116 Å². The van der Waals surface area contributed by atoms with Crippen LogP contribution in [0.2, 0.25) is 5.15 Å². The van der Waals surface area contributed by atoms with E-state index in [1.807, 2.05) is 19.0 Å². The van der Waals surface area contributed by atoms with E-state index in [2.05, 4.69) is 14.9 Å². The summed E-state index contributed by atoms with van der Waals surface area (Å²) in [6.45, 7) is 1.46. The molecule has 1 saturated heterocycles. The number of nitrogens with zero attached hydrogens (tertiary/aromatic N) is 5. The molecule has 0 aromatic carbocycles. The molecule has 19 heavy (non-hydrogen) atoms. The third kappa shape index (κ3) is 2.93. The zero-order valence-corrected chi connectivity index (χ0v) is 11.7. The SMILES string of the molecule is CN(C)C1CCCN(c2ncnc(Cl)c2[N+](=O)[O-])C1. The molecule has 2 rings (SSSR count). The molecule has 104 valence electrons. The second kappa shape index (κ2) is 5.66. The molecule has 1 aromatic heterocycles. The van der Waals surface area contributed by atoms with Gasteiger partial charge in [0.15, 0.2) is 0 Å². The topological polar surface area (TPSA) is 75.4 Å². The highest BCUT2D eigenvalue weighted by atomic mass is 35.5. The molecule has 0 aliphatic carbocycles. The van der Waals surface area contributed by atoms with Gasteiger partial charge in [0.1, 0.15) is 6.33 Å². The molecule has 0 N–H and O–H groups in total. The van der Waals surface area contributed by atoms with Gasteiger partial charge in [-0.05, 0) is 26.9 Å². The first-order chi connectivity index (χ1) is 9.00. The fraction of sp³-hybridized carbons (Fsp3) is 0.636. The number of rotatable bonds is 3. The van der Waals surface area contributed by atoms with E-state index in [9.17, 15) is 10.1 Å². The van der Waals surface area contributed by atoms with Crippen LogP contribution < -0.4 is 4.90 Å². The van der Waals surface area contributed by atoms with Gasteiger partial charge in [0.25, 0.3) is 0 Å². The standard InChI is InChI=1S/C11H16ClN5O2/c1-15(2)8-4-3-5-16(6-8)11-9(17(18)19)10(12)13-7-14-11/h7-8H,3-6H2,1-2H3. The summed E-state index contributed by atoms with van der Waals surface area (Å²) in [5.41, 5.74) is -0.205. The Hall–Kier alpha value is -1.47. The van der Waals surface area contributed by atoms with Gasteiger partial charge in [0.2, 0.25) is 11.0 Å². The number of halogens is 1. The maximum Gasteiger partial charge on any atom is 0.348 e. The van der Waals surface area contributed by atoms with Crippen LogP contribution in [0, 0.1) is 10.1 Å². The van der Waals surface area contributed by atoms with Crippen LogP contribution in [-0.4, -0.2) is 53.0 Å². The van der Waals surface area contributed by atoms with E-state index >= 15 is 0 Å². The quantitative estimate of drug-likeness (QED) is 0.477. The van der Waals surface area contributed by atoms with Gasteiger partial charge in [-0.25, -0.2) is 9.97 Å². The molecule has 0 saturated carbocycles. The summed E-state index contributed by atoms with van der Waals surface area (Å²) >= 11 is 5.81. The molecule has 0 bridgehead atoms. The third-order valence-corrected chi connectivity index (χ3v) is 3.64. The molecule has 8 heteroatoms. The lowest BCUT2D eigenvalue weighted by molar-refractivity contribution is -0.384. The van der Waals surface area contributed by atoms with Crippen molar-refractivity contribution in [3.63, 3.8) is 0 Å². The predicted molar refractivity (Wildman–Crippen MR) is 72.6 cm³/mol. The Kier molecular flexibility index (Phi) is 4.16. The zero-order chi connectivity index (χ0) is 14.0. The van der Waals surface area contributed by atoms with Crippen molar-refractivity contribution in [3.8, 4) is 0 Å². The van der Waals surface area contributed by atoms with Gasteiger partial charge in [-0.1, -0.05) is 11.6 Å². The molecule has 0 amide bonds. The average molecular weight is 286 g/mol. The van der Waals surface area contributed by atoms with E-state index < -0.39 is 4.92 Å². The van der Waals surface area contributed by atoms with E-state index in [0.717, 1.165) is 19.4 Å². The van der Waals surface area contributed by atoms with Crippen molar-refractivity contribution < 1.29 is 4.92 Å². The summed E-state index contributed by atoms with van der Waals surface area (Å²) in [6.07, 6.45) is 3.32. The highest BCUT2D eigenvalue weighted by molar-refractivity contribution is 6.31. The first-order valence-corrected chi connectivity index (χ1v) is 6.44. The number of aromatic nitrogens is 2. The Bertz CT molecular complexity index is 482. The number of hydrogen-bond acceptors (Lipinski definition) is 6. The first-order valence-electron chi connectivity index (χ1n) is 6.07. The van der Waals surface area contributed by atoms with Crippen molar-refractivity contribution in [1.82, 2.24) is 14.9 Å². The molecule has 1 aliphatic rings. The van der Waals surface area contributed by atoms with E-state index in [1.165, 1.54) is 6.33 Å². The average Bonchev–Trinajstić information content (AvgIpc) is 2.38. The van der Waals surface area contributed by atoms with Gasteiger partial charge >= 0.3 is 5.69 Å². The van der Waals surface area contributed by atoms with Crippen LogP contribution in [0.3, 0.4) is 0 Å². The molecule has 1 aliphatic heterocycles. The Morgan fingerprint density at radius 2 is 2.26 bits per heavy atom. The lowest BCUT2D eigenvalue weighted by Gasteiger charge is -2.36. The summed E-state index contributed by atoms with van der Waals surface area (Å²) in [5.74, 6) is 0.316. The summed E-state index contributed by atoms with van der Waals surface area (Å²) in [5, 5.41) is 11.0. The monoisotopic (exact) mass is 285 g/mol. The van der Waals surface area contributed by atoms with Crippen molar-refractivity contribution in [2.24, 2.45) is 0 Å². The van der Waals surface area contributed by atoms with E-state index in [-0.39, 0.29) is 10.8 Å². The van der Waals surface area contributed by atoms with Crippen LogP contribution >= 0.6 is 11.6 Å². The minimum Gasteiger partial charge on any atom is -0.349 e. The van der Waals surface area contributed by atoms with E-state index in [1.54, 1.807) is 0 Å². The highest BCUT2D eigenvalue weighted by Gasteiger charge is 2.30. The maximum atomic E-state index is 11.1. The number of piperidine rings is 1. The van der Waals surface area contributed by atoms with Crippen LogP contribution in [0.4, 0.5) is 11.5 Å². The van der Waals surface area contributed by atoms with Gasteiger partial charge in [-0.15, -0.1) is 0 Å². The van der Waals surface area contributed by atoms with Crippen LogP contribution in [-0.2, 0) is 0 Å². The molecule has 2 heterocycles. The van der Waals surface area contributed by atoms with Crippen molar-refractivity contribution in [1.29, 1.82) is 0 Å². The molecule has 7 nitrogen and oxygen atoms in total. The van der Waals surface area contributed by atoms with Crippen LogP contribution in [0.15, 0.2) is 6.33 Å². The molecular weight excluding hydrogens is 270 g/mol. The summed E-state index contributed by atoms with van der Waals surface area (Å²) in [4.78, 5) is 22.4. The number of hydrogen-bond donors (Lipinski definition) is 0. The van der Waals surface area contributed by atoms with Crippen LogP contribution in [0.1, 0.15) is 12.8 Å². The lowest BCUT2D eigenvalue weighted by atomic mass is 10.0. The van der Waals surface area contributed by atoms with Gasteiger partial charge in [-0.2, -0.15) is 0 Å². The van der Waals surface area contributed by atoms with E-state index in [0.29, 0.717) is 18.4 Å². The van der Waals surface area contributed by atoms with Crippen LogP contribution in [0.25, 0.3) is 0 Å². The van der Waals surface area contributed by atoms with Crippen molar-refractivity contribution in [2.45, 2.75) is 18.9 Å².